The summed E-state index contributed by atoms with van der Waals surface area (Å²) in [5.41, 5.74) is 5.72. The first-order valence-electron chi connectivity index (χ1n) is 8.06. The van der Waals surface area contributed by atoms with Gasteiger partial charge >= 0.3 is 0 Å². The number of amides is 1. The number of hydrogen-bond acceptors (Lipinski definition) is 8. The van der Waals surface area contributed by atoms with Crippen LogP contribution in [0.4, 0.5) is 11.6 Å². The van der Waals surface area contributed by atoms with Crippen LogP contribution in [0, 0.1) is 13.8 Å². The van der Waals surface area contributed by atoms with Crippen molar-refractivity contribution in [2.24, 2.45) is 5.10 Å². The van der Waals surface area contributed by atoms with Gasteiger partial charge in [-0.15, -0.1) is 10.2 Å². The van der Waals surface area contributed by atoms with E-state index in [1.807, 2.05) is 32.0 Å². The fraction of sp³-hybridized carbons (Fsp3) is 0.176. The van der Waals surface area contributed by atoms with E-state index in [1.165, 1.54) is 28.2 Å². The first kappa shape index (κ1) is 18.5. The molecule has 0 aliphatic rings. The van der Waals surface area contributed by atoms with Crippen molar-refractivity contribution >= 4 is 35.5 Å². The monoisotopic (exact) mass is 385 g/mol. The van der Waals surface area contributed by atoms with Gasteiger partial charge in [-0.05, 0) is 49.2 Å². The number of thioether (sulfide) groups is 1. The normalized spacial score (nSPS) is 11.0. The second kappa shape index (κ2) is 8.41. The number of benzene rings is 1. The standard InChI is InChI=1S/C17H19N7O2S/c1-11-5-6-13(8-12(11)2)20-15(25)10-27-17-23-22-16(24(17)18)21-19-9-14-4-3-7-26-14/h3-9H,10,18H2,1-2H3,(H,20,25)(H,21,22)/b19-9+. The quantitative estimate of drug-likeness (QED) is 0.247. The molecule has 0 aliphatic carbocycles. The van der Waals surface area contributed by atoms with E-state index in [0.717, 1.165) is 11.3 Å². The molecule has 0 saturated carbocycles. The van der Waals surface area contributed by atoms with Crippen molar-refractivity contribution < 1.29 is 9.21 Å². The van der Waals surface area contributed by atoms with Crippen LogP contribution in [0.5, 0.6) is 0 Å². The maximum atomic E-state index is 12.1. The SMILES string of the molecule is Cc1ccc(NC(=O)CSc2nnc(N/N=C/c3ccco3)n2N)cc1C. The topological polar surface area (TPSA) is 123 Å². The van der Waals surface area contributed by atoms with Crippen LogP contribution < -0.4 is 16.6 Å². The van der Waals surface area contributed by atoms with E-state index in [0.29, 0.717) is 10.9 Å². The molecule has 140 valence electrons. The minimum absolute atomic E-state index is 0.151. The summed E-state index contributed by atoms with van der Waals surface area (Å²) in [5.74, 6) is 6.74. The molecule has 0 saturated heterocycles. The predicted molar refractivity (Wildman–Crippen MR) is 105 cm³/mol. The molecule has 3 aromatic rings. The lowest BCUT2D eigenvalue weighted by Gasteiger charge is -2.07. The van der Waals surface area contributed by atoms with Crippen molar-refractivity contribution in [3.8, 4) is 0 Å². The first-order chi connectivity index (χ1) is 13.0. The zero-order valence-electron chi connectivity index (χ0n) is 14.8. The maximum absolute atomic E-state index is 12.1. The molecule has 3 rings (SSSR count). The molecule has 10 heteroatoms. The number of aromatic nitrogens is 3. The van der Waals surface area contributed by atoms with Crippen LogP contribution in [0.15, 0.2) is 51.3 Å². The predicted octanol–water partition coefficient (Wildman–Crippen LogP) is 2.38. The number of hydrogen-bond donors (Lipinski definition) is 3. The molecule has 0 spiro atoms. The Kier molecular flexibility index (Phi) is 5.77. The van der Waals surface area contributed by atoms with Gasteiger partial charge in [0.1, 0.15) is 5.76 Å². The Morgan fingerprint density at radius 1 is 1.33 bits per heavy atom. The Morgan fingerprint density at radius 3 is 2.93 bits per heavy atom. The van der Waals surface area contributed by atoms with Crippen LogP contribution in [-0.2, 0) is 4.79 Å². The summed E-state index contributed by atoms with van der Waals surface area (Å²) in [4.78, 5) is 12.1. The van der Waals surface area contributed by atoms with Crippen LogP contribution >= 0.6 is 11.8 Å². The van der Waals surface area contributed by atoms with Gasteiger partial charge < -0.3 is 15.6 Å². The zero-order chi connectivity index (χ0) is 19.2. The molecule has 0 bridgehead atoms. The largest absolute Gasteiger partial charge is 0.463 e. The van der Waals surface area contributed by atoms with E-state index >= 15 is 0 Å². The Bertz CT molecular complexity index is 950. The first-order valence-corrected chi connectivity index (χ1v) is 9.04. The second-order valence-corrected chi connectivity index (χ2v) is 6.64. The van der Waals surface area contributed by atoms with E-state index in [2.05, 4.69) is 26.0 Å². The van der Waals surface area contributed by atoms with Crippen molar-refractivity contribution in [1.29, 1.82) is 0 Å². The molecule has 0 aliphatic heterocycles. The minimum atomic E-state index is -0.156. The molecule has 4 N–H and O–H groups in total. The highest BCUT2D eigenvalue weighted by atomic mass is 32.2. The van der Waals surface area contributed by atoms with Crippen molar-refractivity contribution in [3.05, 3.63) is 53.5 Å². The molecule has 0 atom stereocenters. The highest BCUT2D eigenvalue weighted by molar-refractivity contribution is 7.99. The van der Waals surface area contributed by atoms with Crippen LogP contribution in [0.3, 0.4) is 0 Å². The Balaban J connectivity index is 1.52. The summed E-state index contributed by atoms with van der Waals surface area (Å²) < 4.78 is 6.35. The third-order valence-electron chi connectivity index (χ3n) is 3.69. The number of nitrogens with one attached hydrogen (secondary N) is 2. The fourth-order valence-corrected chi connectivity index (χ4v) is 2.77. The van der Waals surface area contributed by atoms with Gasteiger partial charge in [-0.1, -0.05) is 17.8 Å². The van der Waals surface area contributed by atoms with Gasteiger partial charge in [-0.2, -0.15) is 5.10 Å². The maximum Gasteiger partial charge on any atom is 0.264 e. The Hall–Kier alpha value is -3.27. The van der Waals surface area contributed by atoms with E-state index in [4.69, 9.17) is 10.3 Å². The highest BCUT2D eigenvalue weighted by Crippen LogP contribution is 2.18. The molecular weight excluding hydrogens is 366 g/mol. The van der Waals surface area contributed by atoms with Crippen LogP contribution in [0.2, 0.25) is 0 Å². The van der Waals surface area contributed by atoms with Gasteiger partial charge in [0.2, 0.25) is 11.1 Å². The second-order valence-electron chi connectivity index (χ2n) is 5.70. The lowest BCUT2D eigenvalue weighted by molar-refractivity contribution is -0.113. The Morgan fingerprint density at radius 2 is 2.19 bits per heavy atom. The highest BCUT2D eigenvalue weighted by Gasteiger charge is 2.12. The van der Waals surface area contributed by atoms with Crippen molar-refractivity contribution in [2.45, 2.75) is 19.0 Å². The van der Waals surface area contributed by atoms with E-state index in [-0.39, 0.29) is 17.6 Å². The molecule has 27 heavy (non-hydrogen) atoms. The van der Waals surface area contributed by atoms with Gasteiger partial charge in [0.15, 0.2) is 0 Å². The number of nitrogen functional groups attached to an aromatic ring is 1. The molecular formula is C17H19N7O2S. The van der Waals surface area contributed by atoms with Gasteiger partial charge in [0, 0.05) is 5.69 Å². The molecule has 9 nitrogen and oxygen atoms in total. The number of rotatable bonds is 7. The van der Waals surface area contributed by atoms with Gasteiger partial charge in [0.05, 0.1) is 18.2 Å². The molecule has 2 heterocycles. The van der Waals surface area contributed by atoms with Crippen molar-refractivity contribution in [2.75, 3.05) is 22.3 Å². The third-order valence-corrected chi connectivity index (χ3v) is 4.63. The van der Waals surface area contributed by atoms with Crippen LogP contribution in [0.1, 0.15) is 16.9 Å². The summed E-state index contributed by atoms with van der Waals surface area (Å²) in [6.45, 7) is 4.02. The zero-order valence-corrected chi connectivity index (χ0v) is 15.7. The number of aryl methyl sites for hydroxylation is 2. The van der Waals surface area contributed by atoms with E-state index in [9.17, 15) is 4.79 Å². The number of furan rings is 1. The number of carbonyl (C=O) groups excluding carboxylic acids is 1. The van der Waals surface area contributed by atoms with Gasteiger partial charge in [-0.25, -0.2) is 10.1 Å². The molecule has 1 amide bonds. The molecule has 0 unspecified atom stereocenters. The third kappa shape index (κ3) is 4.88. The lowest BCUT2D eigenvalue weighted by Crippen LogP contribution is -2.17. The molecule has 0 fully saturated rings. The number of carbonyl (C=O) groups is 1. The molecule has 1 aromatic carbocycles. The van der Waals surface area contributed by atoms with Crippen LogP contribution in [-0.4, -0.2) is 32.7 Å². The van der Waals surface area contributed by atoms with E-state index < -0.39 is 0 Å². The number of hydrazone groups is 1. The molecule has 2 aromatic heterocycles. The fourth-order valence-electron chi connectivity index (χ4n) is 2.12. The summed E-state index contributed by atoms with van der Waals surface area (Å²) >= 11 is 1.18. The average Bonchev–Trinajstić information content (AvgIpc) is 3.27. The Labute approximate surface area is 160 Å². The van der Waals surface area contributed by atoms with Crippen LogP contribution in [0.25, 0.3) is 0 Å². The smallest absolute Gasteiger partial charge is 0.264 e. The number of nitrogens with two attached hydrogens (primary N) is 1. The summed E-state index contributed by atoms with van der Waals surface area (Å²) in [6, 6.07) is 9.28. The summed E-state index contributed by atoms with van der Waals surface area (Å²) in [5, 5.41) is 15.0. The number of anilines is 2. The van der Waals surface area contributed by atoms with Gasteiger partial charge in [0.25, 0.3) is 5.95 Å². The minimum Gasteiger partial charge on any atom is -0.463 e. The number of nitrogens with zero attached hydrogens (tertiary/aromatic N) is 4. The average molecular weight is 385 g/mol. The van der Waals surface area contributed by atoms with Gasteiger partial charge in [-0.3, -0.25) is 4.79 Å². The van der Waals surface area contributed by atoms with Crippen molar-refractivity contribution in [1.82, 2.24) is 14.9 Å². The molecule has 0 radical (unpaired) electrons. The van der Waals surface area contributed by atoms with Crippen molar-refractivity contribution in [3.63, 3.8) is 0 Å². The lowest BCUT2D eigenvalue weighted by atomic mass is 10.1. The summed E-state index contributed by atoms with van der Waals surface area (Å²) in [7, 11) is 0. The summed E-state index contributed by atoms with van der Waals surface area (Å²) in [6.07, 6.45) is 3.03. The van der Waals surface area contributed by atoms with E-state index in [1.54, 1.807) is 18.4 Å².